The summed E-state index contributed by atoms with van der Waals surface area (Å²) < 4.78 is 0. The van der Waals surface area contributed by atoms with Gasteiger partial charge in [-0.25, -0.2) is 0 Å². The van der Waals surface area contributed by atoms with Gasteiger partial charge >= 0.3 is 0 Å². The van der Waals surface area contributed by atoms with Crippen LogP contribution in [0.4, 0.5) is 5.69 Å². The zero-order valence-electron chi connectivity index (χ0n) is 12.8. The SMILES string of the molecule is CN(C)C(=O)c1cccc(NC(=O)c2n[nH]c3ccccc23)c1. The lowest BCUT2D eigenvalue weighted by atomic mass is 10.1. The summed E-state index contributed by atoms with van der Waals surface area (Å²) in [5.41, 5.74) is 2.19. The van der Waals surface area contributed by atoms with Crippen molar-refractivity contribution < 1.29 is 9.59 Å². The van der Waals surface area contributed by atoms with E-state index >= 15 is 0 Å². The smallest absolute Gasteiger partial charge is 0.276 e. The molecule has 0 fully saturated rings. The molecule has 0 radical (unpaired) electrons. The third-order valence-corrected chi connectivity index (χ3v) is 3.46. The van der Waals surface area contributed by atoms with Crippen LogP contribution in [0.2, 0.25) is 0 Å². The minimum Gasteiger partial charge on any atom is -0.345 e. The lowest BCUT2D eigenvalue weighted by Crippen LogP contribution is -2.22. The number of carbonyl (C=O) groups excluding carboxylic acids is 2. The molecule has 0 bridgehead atoms. The summed E-state index contributed by atoms with van der Waals surface area (Å²) in [4.78, 5) is 25.9. The molecule has 0 atom stereocenters. The maximum Gasteiger partial charge on any atom is 0.276 e. The van der Waals surface area contributed by atoms with E-state index in [1.807, 2.05) is 24.3 Å². The molecule has 0 unspecified atom stereocenters. The number of H-pyrrole nitrogens is 1. The predicted octanol–water partition coefficient (Wildman–Crippen LogP) is 2.52. The van der Waals surface area contributed by atoms with Gasteiger partial charge in [0.05, 0.1) is 5.52 Å². The molecule has 0 aliphatic heterocycles. The summed E-state index contributed by atoms with van der Waals surface area (Å²) in [6, 6.07) is 14.2. The van der Waals surface area contributed by atoms with Crippen LogP contribution in [0.3, 0.4) is 0 Å². The molecule has 6 nitrogen and oxygen atoms in total. The van der Waals surface area contributed by atoms with Gasteiger partial charge in [-0.15, -0.1) is 0 Å². The van der Waals surface area contributed by atoms with E-state index in [4.69, 9.17) is 0 Å². The number of hydrogen-bond donors (Lipinski definition) is 2. The van der Waals surface area contributed by atoms with Gasteiger partial charge in [-0.1, -0.05) is 24.3 Å². The van der Waals surface area contributed by atoms with Crippen LogP contribution in [0, 0.1) is 0 Å². The largest absolute Gasteiger partial charge is 0.345 e. The number of aromatic nitrogens is 2. The molecule has 1 aromatic heterocycles. The fraction of sp³-hybridized carbons (Fsp3) is 0.118. The van der Waals surface area contributed by atoms with Crippen molar-refractivity contribution in [2.24, 2.45) is 0 Å². The molecule has 1 heterocycles. The van der Waals surface area contributed by atoms with Crippen molar-refractivity contribution in [1.29, 1.82) is 0 Å². The summed E-state index contributed by atoms with van der Waals surface area (Å²) in [6.07, 6.45) is 0. The van der Waals surface area contributed by atoms with Gasteiger partial charge in [0.25, 0.3) is 11.8 Å². The van der Waals surface area contributed by atoms with Crippen molar-refractivity contribution in [2.75, 3.05) is 19.4 Å². The number of para-hydroxylation sites is 1. The number of anilines is 1. The number of carbonyl (C=O) groups is 2. The fourth-order valence-corrected chi connectivity index (χ4v) is 2.32. The number of nitrogens with zero attached hydrogens (tertiary/aromatic N) is 2. The summed E-state index contributed by atoms with van der Waals surface area (Å²) >= 11 is 0. The van der Waals surface area contributed by atoms with Gasteiger partial charge in [-0.2, -0.15) is 5.10 Å². The van der Waals surface area contributed by atoms with Gasteiger partial charge < -0.3 is 10.2 Å². The molecule has 0 aliphatic rings. The molecular formula is C17H16N4O2. The minimum absolute atomic E-state index is 0.119. The number of amides is 2. The van der Waals surface area contributed by atoms with E-state index in [0.29, 0.717) is 16.9 Å². The molecule has 0 saturated carbocycles. The van der Waals surface area contributed by atoms with E-state index in [1.165, 1.54) is 4.90 Å². The molecule has 2 aromatic carbocycles. The summed E-state index contributed by atoms with van der Waals surface area (Å²) in [5, 5.41) is 10.4. The Balaban J connectivity index is 1.86. The third kappa shape index (κ3) is 2.91. The van der Waals surface area contributed by atoms with E-state index < -0.39 is 0 Å². The second-order valence-electron chi connectivity index (χ2n) is 5.35. The van der Waals surface area contributed by atoms with Crippen LogP contribution in [0.5, 0.6) is 0 Å². The molecule has 0 aliphatic carbocycles. The number of aromatic amines is 1. The first kappa shape index (κ1) is 14.8. The van der Waals surface area contributed by atoms with Crippen molar-refractivity contribution in [3.63, 3.8) is 0 Å². The molecule has 0 saturated heterocycles. The van der Waals surface area contributed by atoms with Crippen LogP contribution in [-0.2, 0) is 0 Å². The number of nitrogens with one attached hydrogen (secondary N) is 2. The van der Waals surface area contributed by atoms with Gasteiger partial charge in [0.1, 0.15) is 0 Å². The minimum atomic E-state index is -0.322. The van der Waals surface area contributed by atoms with E-state index in [0.717, 1.165) is 10.9 Å². The van der Waals surface area contributed by atoms with Crippen LogP contribution < -0.4 is 5.32 Å². The highest BCUT2D eigenvalue weighted by molar-refractivity contribution is 6.11. The Labute approximate surface area is 133 Å². The molecule has 6 heteroatoms. The highest BCUT2D eigenvalue weighted by Gasteiger charge is 2.15. The molecular weight excluding hydrogens is 292 g/mol. The van der Waals surface area contributed by atoms with Crippen molar-refractivity contribution in [1.82, 2.24) is 15.1 Å². The zero-order chi connectivity index (χ0) is 16.4. The maximum atomic E-state index is 12.4. The average molecular weight is 308 g/mol. The van der Waals surface area contributed by atoms with Gasteiger partial charge in [0, 0.05) is 30.7 Å². The summed E-state index contributed by atoms with van der Waals surface area (Å²) in [5.74, 6) is -0.441. The monoisotopic (exact) mass is 308 g/mol. The van der Waals surface area contributed by atoms with Gasteiger partial charge in [0.2, 0.25) is 0 Å². The number of hydrogen-bond acceptors (Lipinski definition) is 3. The first-order valence-electron chi connectivity index (χ1n) is 7.12. The van der Waals surface area contributed by atoms with Crippen molar-refractivity contribution in [3.05, 3.63) is 59.8 Å². The molecule has 2 N–H and O–H groups in total. The Morgan fingerprint density at radius 3 is 2.65 bits per heavy atom. The van der Waals surface area contributed by atoms with Gasteiger partial charge in [-0.05, 0) is 24.3 Å². The molecule has 23 heavy (non-hydrogen) atoms. The molecule has 2 amide bonds. The number of rotatable bonds is 3. The Kier molecular flexibility index (Phi) is 3.80. The summed E-state index contributed by atoms with van der Waals surface area (Å²) in [7, 11) is 3.37. The van der Waals surface area contributed by atoms with Crippen LogP contribution in [0.25, 0.3) is 10.9 Å². The topological polar surface area (TPSA) is 78.1 Å². The Hall–Kier alpha value is -3.15. The lowest BCUT2D eigenvalue weighted by molar-refractivity contribution is 0.0827. The maximum absolute atomic E-state index is 12.4. The lowest BCUT2D eigenvalue weighted by Gasteiger charge is -2.11. The van der Waals surface area contributed by atoms with Gasteiger partial charge in [-0.3, -0.25) is 14.7 Å². The highest BCUT2D eigenvalue weighted by Crippen LogP contribution is 2.18. The van der Waals surface area contributed by atoms with Crippen LogP contribution in [-0.4, -0.2) is 41.0 Å². The second-order valence-corrected chi connectivity index (χ2v) is 5.35. The van der Waals surface area contributed by atoms with Crippen LogP contribution in [0.1, 0.15) is 20.8 Å². The number of fused-ring (bicyclic) bond motifs is 1. The van der Waals surface area contributed by atoms with E-state index in [2.05, 4.69) is 15.5 Å². The standard InChI is InChI=1S/C17H16N4O2/c1-21(2)17(23)11-6-5-7-12(10-11)18-16(22)15-13-8-3-4-9-14(13)19-20-15/h3-10H,1-2H3,(H,18,22)(H,19,20). The Morgan fingerprint density at radius 2 is 1.87 bits per heavy atom. The molecule has 3 aromatic rings. The molecule has 116 valence electrons. The quantitative estimate of drug-likeness (QED) is 0.780. The third-order valence-electron chi connectivity index (χ3n) is 3.46. The first-order valence-corrected chi connectivity index (χ1v) is 7.12. The normalized spacial score (nSPS) is 10.5. The number of benzene rings is 2. The average Bonchev–Trinajstić information content (AvgIpc) is 2.98. The van der Waals surface area contributed by atoms with Crippen molar-refractivity contribution in [2.45, 2.75) is 0 Å². The van der Waals surface area contributed by atoms with E-state index in [-0.39, 0.29) is 11.8 Å². The van der Waals surface area contributed by atoms with E-state index in [9.17, 15) is 9.59 Å². The van der Waals surface area contributed by atoms with Crippen molar-refractivity contribution in [3.8, 4) is 0 Å². The highest BCUT2D eigenvalue weighted by atomic mass is 16.2. The predicted molar refractivity (Wildman–Crippen MR) is 88.5 cm³/mol. The molecule has 0 spiro atoms. The second kappa shape index (κ2) is 5.92. The van der Waals surface area contributed by atoms with Crippen LogP contribution in [0.15, 0.2) is 48.5 Å². The zero-order valence-corrected chi connectivity index (χ0v) is 12.8. The van der Waals surface area contributed by atoms with Gasteiger partial charge in [0.15, 0.2) is 5.69 Å². The Morgan fingerprint density at radius 1 is 1.09 bits per heavy atom. The first-order chi connectivity index (χ1) is 11.1. The molecule has 3 rings (SSSR count). The summed E-state index contributed by atoms with van der Waals surface area (Å²) in [6.45, 7) is 0. The Bertz CT molecular complexity index is 883. The van der Waals surface area contributed by atoms with Crippen LogP contribution >= 0.6 is 0 Å². The fourth-order valence-electron chi connectivity index (χ4n) is 2.32. The van der Waals surface area contributed by atoms with Crippen molar-refractivity contribution >= 4 is 28.4 Å². The van der Waals surface area contributed by atoms with E-state index in [1.54, 1.807) is 38.4 Å².